The fraction of sp³-hybridized carbons (Fsp3) is 0.533. The molecule has 1 unspecified atom stereocenters. The summed E-state index contributed by atoms with van der Waals surface area (Å²) in [5.74, 6) is 0.276. The van der Waals surface area contributed by atoms with Crippen LogP contribution in [0.25, 0.3) is 0 Å². The number of rotatable bonds is 5. The lowest BCUT2D eigenvalue weighted by Gasteiger charge is -2.23. The van der Waals surface area contributed by atoms with E-state index in [0.717, 1.165) is 5.56 Å². The van der Waals surface area contributed by atoms with Gasteiger partial charge in [0.1, 0.15) is 5.78 Å². The number of benzene rings is 1. The summed E-state index contributed by atoms with van der Waals surface area (Å²) >= 11 is 0. The van der Waals surface area contributed by atoms with Crippen LogP contribution in [0.1, 0.15) is 44.1 Å². The molecule has 1 atom stereocenters. The van der Waals surface area contributed by atoms with Crippen LogP contribution in [0.3, 0.4) is 0 Å². The van der Waals surface area contributed by atoms with Gasteiger partial charge in [-0.1, -0.05) is 37.3 Å². The standard InChI is InChI=1S/C15H21NO3S/c1-12(13-5-3-2-4-6-13)11-20(18,19)16-14-7-9-15(17)10-8-14/h2-6,12,14,16H,7-11H2,1H3. The third-order valence-electron chi connectivity index (χ3n) is 3.73. The Morgan fingerprint density at radius 3 is 2.40 bits per heavy atom. The molecule has 20 heavy (non-hydrogen) atoms. The van der Waals surface area contributed by atoms with Crippen molar-refractivity contribution in [3.8, 4) is 0 Å². The number of hydrogen-bond acceptors (Lipinski definition) is 3. The Labute approximate surface area is 120 Å². The molecule has 1 aromatic carbocycles. The lowest BCUT2D eigenvalue weighted by atomic mass is 9.95. The molecular weight excluding hydrogens is 274 g/mol. The highest BCUT2D eigenvalue weighted by Gasteiger charge is 2.24. The molecule has 0 heterocycles. The van der Waals surface area contributed by atoms with Gasteiger partial charge in [-0.3, -0.25) is 4.79 Å². The molecule has 5 heteroatoms. The highest BCUT2D eigenvalue weighted by atomic mass is 32.2. The number of sulfonamides is 1. The second-order valence-corrected chi connectivity index (χ2v) is 7.32. The van der Waals surface area contributed by atoms with Gasteiger partial charge >= 0.3 is 0 Å². The van der Waals surface area contributed by atoms with Gasteiger partial charge in [0.25, 0.3) is 0 Å². The molecule has 2 rings (SSSR count). The van der Waals surface area contributed by atoms with Crippen molar-refractivity contribution in [1.82, 2.24) is 4.72 Å². The van der Waals surface area contributed by atoms with Crippen molar-refractivity contribution in [2.75, 3.05) is 5.75 Å². The third-order valence-corrected chi connectivity index (χ3v) is 5.36. The third kappa shape index (κ3) is 4.42. The van der Waals surface area contributed by atoms with Crippen molar-refractivity contribution < 1.29 is 13.2 Å². The molecule has 0 saturated heterocycles. The molecule has 4 nitrogen and oxygen atoms in total. The maximum Gasteiger partial charge on any atom is 0.212 e. The zero-order valence-corrected chi connectivity index (χ0v) is 12.5. The zero-order valence-electron chi connectivity index (χ0n) is 11.7. The summed E-state index contributed by atoms with van der Waals surface area (Å²) in [7, 11) is -3.31. The van der Waals surface area contributed by atoms with E-state index in [1.807, 2.05) is 37.3 Å². The minimum absolute atomic E-state index is 0.0427. The van der Waals surface area contributed by atoms with Crippen LogP contribution in [-0.4, -0.2) is 26.0 Å². The monoisotopic (exact) mass is 295 g/mol. The van der Waals surface area contributed by atoms with Crippen molar-refractivity contribution >= 4 is 15.8 Å². The van der Waals surface area contributed by atoms with Crippen LogP contribution in [0.2, 0.25) is 0 Å². The Balaban J connectivity index is 1.92. The highest BCUT2D eigenvalue weighted by Crippen LogP contribution is 2.19. The van der Waals surface area contributed by atoms with E-state index in [9.17, 15) is 13.2 Å². The molecule has 0 bridgehead atoms. The van der Waals surface area contributed by atoms with Gasteiger partial charge in [-0.25, -0.2) is 13.1 Å². The minimum atomic E-state index is -3.31. The van der Waals surface area contributed by atoms with Crippen molar-refractivity contribution in [3.63, 3.8) is 0 Å². The normalized spacial score (nSPS) is 18.9. The van der Waals surface area contributed by atoms with Crippen LogP contribution in [0.15, 0.2) is 30.3 Å². The van der Waals surface area contributed by atoms with Gasteiger partial charge in [0.05, 0.1) is 5.75 Å². The fourth-order valence-corrected chi connectivity index (χ4v) is 4.26. The number of ketones is 1. The lowest BCUT2D eigenvalue weighted by molar-refractivity contribution is -0.120. The van der Waals surface area contributed by atoms with Gasteiger partial charge in [-0.2, -0.15) is 0 Å². The first-order chi connectivity index (χ1) is 9.46. The van der Waals surface area contributed by atoms with E-state index in [1.165, 1.54) is 0 Å². The van der Waals surface area contributed by atoms with E-state index in [1.54, 1.807) is 0 Å². The maximum atomic E-state index is 12.2. The van der Waals surface area contributed by atoms with E-state index in [-0.39, 0.29) is 23.5 Å². The first kappa shape index (κ1) is 15.2. The van der Waals surface area contributed by atoms with Crippen LogP contribution in [0.4, 0.5) is 0 Å². The Bertz CT molecular complexity index is 544. The second kappa shape index (κ2) is 6.50. The molecule has 1 fully saturated rings. The Morgan fingerprint density at radius 1 is 1.20 bits per heavy atom. The van der Waals surface area contributed by atoms with E-state index in [2.05, 4.69) is 4.72 Å². The van der Waals surface area contributed by atoms with Crippen LogP contribution < -0.4 is 4.72 Å². The molecule has 1 saturated carbocycles. The largest absolute Gasteiger partial charge is 0.300 e. The number of hydrogen-bond donors (Lipinski definition) is 1. The first-order valence-corrected chi connectivity index (χ1v) is 8.68. The van der Waals surface area contributed by atoms with Crippen molar-refractivity contribution in [3.05, 3.63) is 35.9 Å². The van der Waals surface area contributed by atoms with E-state index in [0.29, 0.717) is 25.7 Å². The van der Waals surface area contributed by atoms with Crippen LogP contribution in [0, 0.1) is 0 Å². The number of carbonyl (C=O) groups excluding carboxylic acids is 1. The molecule has 0 aliphatic heterocycles. The van der Waals surface area contributed by atoms with Gasteiger partial charge in [-0.05, 0) is 24.3 Å². The van der Waals surface area contributed by atoms with Crippen molar-refractivity contribution in [2.45, 2.75) is 44.6 Å². The predicted octanol–water partition coefficient (Wildman–Crippen LogP) is 2.22. The van der Waals surface area contributed by atoms with Gasteiger partial charge in [0, 0.05) is 18.9 Å². The second-order valence-electron chi connectivity index (χ2n) is 5.52. The summed E-state index contributed by atoms with van der Waals surface area (Å²) in [5, 5.41) is 0. The summed E-state index contributed by atoms with van der Waals surface area (Å²) in [4.78, 5) is 11.2. The zero-order chi connectivity index (χ0) is 14.6. The number of nitrogens with one attached hydrogen (secondary N) is 1. The summed E-state index contributed by atoms with van der Waals surface area (Å²) in [6, 6.07) is 9.55. The molecular formula is C15H21NO3S. The summed E-state index contributed by atoms with van der Waals surface area (Å²) < 4.78 is 27.1. The van der Waals surface area contributed by atoms with Crippen LogP contribution in [-0.2, 0) is 14.8 Å². The Hall–Kier alpha value is -1.20. The molecule has 0 radical (unpaired) electrons. The molecule has 0 amide bonds. The fourth-order valence-electron chi connectivity index (χ4n) is 2.57. The molecule has 1 aliphatic carbocycles. The van der Waals surface area contributed by atoms with E-state index < -0.39 is 10.0 Å². The quantitative estimate of drug-likeness (QED) is 0.906. The van der Waals surface area contributed by atoms with Crippen LogP contribution in [0.5, 0.6) is 0 Å². The van der Waals surface area contributed by atoms with E-state index in [4.69, 9.17) is 0 Å². The predicted molar refractivity (Wildman–Crippen MR) is 79.0 cm³/mol. The molecule has 0 aromatic heterocycles. The molecule has 1 aromatic rings. The number of carbonyl (C=O) groups is 1. The topological polar surface area (TPSA) is 63.2 Å². The van der Waals surface area contributed by atoms with Gasteiger partial charge < -0.3 is 0 Å². The van der Waals surface area contributed by atoms with Crippen molar-refractivity contribution in [1.29, 1.82) is 0 Å². The molecule has 110 valence electrons. The van der Waals surface area contributed by atoms with Gasteiger partial charge in [-0.15, -0.1) is 0 Å². The molecule has 1 N–H and O–H groups in total. The molecule has 1 aliphatic rings. The summed E-state index contributed by atoms with van der Waals surface area (Å²) in [5.41, 5.74) is 1.02. The van der Waals surface area contributed by atoms with E-state index >= 15 is 0 Å². The highest BCUT2D eigenvalue weighted by molar-refractivity contribution is 7.89. The van der Waals surface area contributed by atoms with Gasteiger partial charge in [0.15, 0.2) is 0 Å². The SMILES string of the molecule is CC(CS(=O)(=O)NC1CCC(=O)CC1)c1ccccc1. The molecule has 0 spiro atoms. The Morgan fingerprint density at radius 2 is 1.80 bits per heavy atom. The number of Topliss-reactive ketones (excluding diaryl/α,β-unsaturated/α-hetero) is 1. The Kier molecular flexibility index (Phi) is 4.94. The maximum absolute atomic E-state index is 12.2. The average Bonchev–Trinajstić information content (AvgIpc) is 2.41. The van der Waals surface area contributed by atoms with Crippen LogP contribution >= 0.6 is 0 Å². The average molecular weight is 295 g/mol. The summed E-state index contributed by atoms with van der Waals surface area (Å²) in [6.45, 7) is 1.92. The lowest BCUT2D eigenvalue weighted by Crippen LogP contribution is -2.39. The first-order valence-electron chi connectivity index (χ1n) is 7.03. The smallest absolute Gasteiger partial charge is 0.212 e. The van der Waals surface area contributed by atoms with Gasteiger partial charge in [0.2, 0.25) is 10.0 Å². The minimum Gasteiger partial charge on any atom is -0.300 e. The summed E-state index contributed by atoms with van der Waals surface area (Å²) in [6.07, 6.45) is 2.22. The van der Waals surface area contributed by atoms with Crippen molar-refractivity contribution in [2.24, 2.45) is 0 Å².